The monoisotopic (exact) mass is 204 g/mol. The third-order valence-electron chi connectivity index (χ3n) is 3.10. The SMILES string of the molecule is CN1CCc2ncc(C(C)(C)C)cc2C1. The molecule has 0 N–H and O–H groups in total. The second-order valence-corrected chi connectivity index (χ2v) is 5.57. The Balaban J connectivity index is 2.37. The van der Waals surface area contributed by atoms with Gasteiger partial charge in [0.1, 0.15) is 0 Å². The lowest BCUT2D eigenvalue weighted by Crippen LogP contribution is -2.28. The third kappa shape index (κ3) is 2.20. The number of hydrogen-bond acceptors (Lipinski definition) is 2. The zero-order valence-corrected chi connectivity index (χ0v) is 10.2. The summed E-state index contributed by atoms with van der Waals surface area (Å²) in [7, 11) is 2.17. The summed E-state index contributed by atoms with van der Waals surface area (Å²) in [5, 5.41) is 0. The first kappa shape index (κ1) is 10.6. The molecule has 2 heteroatoms. The fraction of sp³-hybridized carbons (Fsp3) is 0.615. The summed E-state index contributed by atoms with van der Waals surface area (Å²) in [5.41, 5.74) is 4.26. The van der Waals surface area contributed by atoms with Gasteiger partial charge in [0.05, 0.1) is 0 Å². The van der Waals surface area contributed by atoms with Crippen molar-refractivity contribution in [2.24, 2.45) is 0 Å². The smallest absolute Gasteiger partial charge is 0.0461 e. The predicted octanol–water partition coefficient (Wildman–Crippen LogP) is 2.37. The molecule has 0 unspecified atom stereocenters. The van der Waals surface area contributed by atoms with Gasteiger partial charge < -0.3 is 4.90 Å². The largest absolute Gasteiger partial charge is 0.302 e. The molecule has 0 fully saturated rings. The molecule has 1 aromatic rings. The van der Waals surface area contributed by atoms with Crippen LogP contribution >= 0.6 is 0 Å². The van der Waals surface area contributed by atoms with E-state index in [9.17, 15) is 0 Å². The van der Waals surface area contributed by atoms with Crippen LogP contribution in [0.2, 0.25) is 0 Å². The van der Waals surface area contributed by atoms with Crippen molar-refractivity contribution < 1.29 is 0 Å². The maximum absolute atomic E-state index is 4.59. The molecule has 0 aliphatic carbocycles. The third-order valence-corrected chi connectivity index (χ3v) is 3.10. The standard InChI is InChI=1S/C13H20N2/c1-13(2,3)11-7-10-9-15(4)6-5-12(10)14-8-11/h7-8H,5-6,9H2,1-4H3. The van der Waals surface area contributed by atoms with Crippen molar-refractivity contribution in [2.75, 3.05) is 13.6 Å². The Kier molecular flexibility index (Phi) is 2.55. The van der Waals surface area contributed by atoms with E-state index < -0.39 is 0 Å². The fourth-order valence-corrected chi connectivity index (χ4v) is 1.98. The Morgan fingerprint density at radius 3 is 2.73 bits per heavy atom. The molecule has 0 atom stereocenters. The van der Waals surface area contributed by atoms with Gasteiger partial charge in [0.25, 0.3) is 0 Å². The molecule has 0 spiro atoms. The fourth-order valence-electron chi connectivity index (χ4n) is 1.98. The first-order valence-corrected chi connectivity index (χ1v) is 5.63. The minimum absolute atomic E-state index is 0.206. The Labute approximate surface area is 92.3 Å². The van der Waals surface area contributed by atoms with Crippen LogP contribution in [0.4, 0.5) is 0 Å². The topological polar surface area (TPSA) is 16.1 Å². The number of hydrogen-bond donors (Lipinski definition) is 0. The van der Waals surface area contributed by atoms with Gasteiger partial charge in [0, 0.05) is 31.4 Å². The number of nitrogens with zero attached hydrogens (tertiary/aromatic N) is 2. The van der Waals surface area contributed by atoms with E-state index in [1.807, 2.05) is 6.20 Å². The van der Waals surface area contributed by atoms with E-state index in [4.69, 9.17) is 0 Å². The summed E-state index contributed by atoms with van der Waals surface area (Å²) < 4.78 is 0. The Morgan fingerprint density at radius 1 is 1.33 bits per heavy atom. The molecule has 1 aliphatic rings. The summed E-state index contributed by atoms with van der Waals surface area (Å²) in [4.78, 5) is 6.95. The van der Waals surface area contributed by atoms with Gasteiger partial charge in [0.2, 0.25) is 0 Å². The summed E-state index contributed by atoms with van der Waals surface area (Å²) in [6, 6.07) is 2.33. The lowest BCUT2D eigenvalue weighted by Gasteiger charge is -2.27. The molecule has 0 bridgehead atoms. The van der Waals surface area contributed by atoms with E-state index >= 15 is 0 Å². The molecule has 1 aromatic heterocycles. The summed E-state index contributed by atoms with van der Waals surface area (Å²) in [6.45, 7) is 8.90. The highest BCUT2D eigenvalue weighted by Crippen LogP contribution is 2.25. The van der Waals surface area contributed by atoms with Crippen molar-refractivity contribution in [1.29, 1.82) is 0 Å². The summed E-state index contributed by atoms with van der Waals surface area (Å²) in [6.07, 6.45) is 3.14. The Bertz CT molecular complexity index is 363. The Hall–Kier alpha value is -0.890. The van der Waals surface area contributed by atoms with Crippen LogP contribution in [0, 0.1) is 0 Å². The second-order valence-electron chi connectivity index (χ2n) is 5.57. The summed E-state index contributed by atoms with van der Waals surface area (Å²) in [5.74, 6) is 0. The van der Waals surface area contributed by atoms with Gasteiger partial charge in [-0.3, -0.25) is 4.98 Å². The lowest BCUT2D eigenvalue weighted by atomic mass is 9.86. The molecule has 2 nitrogen and oxygen atoms in total. The number of rotatable bonds is 0. The highest BCUT2D eigenvalue weighted by atomic mass is 15.1. The van der Waals surface area contributed by atoms with Gasteiger partial charge >= 0.3 is 0 Å². The molecule has 15 heavy (non-hydrogen) atoms. The number of aromatic nitrogens is 1. The molecule has 2 heterocycles. The average molecular weight is 204 g/mol. The van der Waals surface area contributed by atoms with Crippen molar-refractivity contribution in [2.45, 2.75) is 39.2 Å². The molecule has 0 amide bonds. The molecule has 0 saturated carbocycles. The maximum Gasteiger partial charge on any atom is 0.0461 e. The van der Waals surface area contributed by atoms with Gasteiger partial charge in [-0.1, -0.05) is 26.8 Å². The molecule has 82 valence electrons. The molecule has 0 radical (unpaired) electrons. The number of pyridine rings is 1. The van der Waals surface area contributed by atoms with Gasteiger partial charge in [-0.25, -0.2) is 0 Å². The molecule has 0 aromatic carbocycles. The highest BCUT2D eigenvalue weighted by Gasteiger charge is 2.19. The minimum Gasteiger partial charge on any atom is -0.302 e. The van der Waals surface area contributed by atoms with Gasteiger partial charge in [-0.2, -0.15) is 0 Å². The molecular formula is C13H20N2. The quantitative estimate of drug-likeness (QED) is 0.645. The maximum atomic E-state index is 4.59. The van der Waals surface area contributed by atoms with E-state index in [2.05, 4.69) is 43.8 Å². The lowest BCUT2D eigenvalue weighted by molar-refractivity contribution is 0.309. The molecule has 1 aliphatic heterocycles. The highest BCUT2D eigenvalue weighted by molar-refractivity contribution is 5.30. The number of fused-ring (bicyclic) bond motifs is 1. The molecule has 2 rings (SSSR count). The van der Waals surface area contributed by atoms with Crippen molar-refractivity contribution in [3.63, 3.8) is 0 Å². The predicted molar refractivity (Wildman–Crippen MR) is 63.0 cm³/mol. The van der Waals surface area contributed by atoms with Crippen molar-refractivity contribution >= 4 is 0 Å². The Morgan fingerprint density at radius 2 is 2.07 bits per heavy atom. The van der Waals surface area contributed by atoms with E-state index in [0.29, 0.717) is 0 Å². The van der Waals surface area contributed by atoms with E-state index in [-0.39, 0.29) is 5.41 Å². The van der Waals surface area contributed by atoms with E-state index in [0.717, 1.165) is 19.5 Å². The van der Waals surface area contributed by atoms with Gasteiger partial charge in [0.15, 0.2) is 0 Å². The van der Waals surface area contributed by atoms with Crippen LogP contribution in [0.15, 0.2) is 12.3 Å². The average Bonchev–Trinajstić information content (AvgIpc) is 2.15. The van der Waals surface area contributed by atoms with Crippen LogP contribution in [-0.4, -0.2) is 23.5 Å². The normalized spacial score (nSPS) is 17.6. The number of likely N-dealkylation sites (N-methyl/N-ethyl adjacent to an activating group) is 1. The first-order chi connectivity index (χ1) is 6.97. The van der Waals surface area contributed by atoms with Crippen molar-refractivity contribution in [3.05, 3.63) is 29.1 Å². The second kappa shape index (κ2) is 3.60. The van der Waals surface area contributed by atoms with Crippen LogP contribution in [0.1, 0.15) is 37.6 Å². The molecular weight excluding hydrogens is 184 g/mol. The zero-order chi connectivity index (χ0) is 11.1. The van der Waals surface area contributed by atoms with Crippen molar-refractivity contribution in [1.82, 2.24) is 9.88 Å². The molecule has 0 saturated heterocycles. The summed E-state index contributed by atoms with van der Waals surface area (Å²) >= 11 is 0. The van der Waals surface area contributed by atoms with Crippen LogP contribution in [0.25, 0.3) is 0 Å². The van der Waals surface area contributed by atoms with Crippen LogP contribution in [-0.2, 0) is 18.4 Å². The first-order valence-electron chi connectivity index (χ1n) is 5.63. The minimum atomic E-state index is 0.206. The zero-order valence-electron chi connectivity index (χ0n) is 10.2. The van der Waals surface area contributed by atoms with E-state index in [1.54, 1.807) is 0 Å². The van der Waals surface area contributed by atoms with Crippen LogP contribution in [0.3, 0.4) is 0 Å². The van der Waals surface area contributed by atoms with Gasteiger partial charge in [-0.15, -0.1) is 0 Å². The van der Waals surface area contributed by atoms with Crippen LogP contribution in [0.5, 0.6) is 0 Å². The van der Waals surface area contributed by atoms with Gasteiger partial charge in [-0.05, 0) is 23.6 Å². The van der Waals surface area contributed by atoms with E-state index in [1.165, 1.54) is 16.8 Å². The van der Waals surface area contributed by atoms with Crippen molar-refractivity contribution in [3.8, 4) is 0 Å². The van der Waals surface area contributed by atoms with Crippen LogP contribution < -0.4 is 0 Å².